The summed E-state index contributed by atoms with van der Waals surface area (Å²) in [6.45, 7) is 0. The van der Waals surface area contributed by atoms with Gasteiger partial charge in [-0.1, -0.05) is 18.2 Å². The van der Waals surface area contributed by atoms with Crippen LogP contribution in [-0.2, 0) is 0 Å². The fourth-order valence-corrected chi connectivity index (χ4v) is 2.28. The normalized spacial score (nSPS) is 11.1. The molecular weight excluding hydrogens is 292 g/mol. The smallest absolute Gasteiger partial charge is 0.258 e. The fraction of sp³-hybridized carbons (Fsp3) is 0. The van der Waals surface area contributed by atoms with E-state index in [0.29, 0.717) is 27.6 Å². The number of H-pyrrole nitrogens is 1. The van der Waals surface area contributed by atoms with Gasteiger partial charge in [0.05, 0.1) is 11.3 Å². The summed E-state index contributed by atoms with van der Waals surface area (Å²) < 4.78 is 0. The van der Waals surface area contributed by atoms with Gasteiger partial charge in [0.2, 0.25) is 5.88 Å². The Bertz CT molecular complexity index is 972. The Kier molecular flexibility index (Phi) is 3.64. The molecule has 0 spiro atoms. The average molecular weight is 306 g/mol. The van der Waals surface area contributed by atoms with Crippen LogP contribution in [0.15, 0.2) is 58.3 Å². The fourth-order valence-electron chi connectivity index (χ4n) is 2.28. The monoisotopic (exact) mass is 306 g/mol. The first-order chi connectivity index (χ1) is 11.1. The van der Waals surface area contributed by atoms with Crippen LogP contribution in [-0.4, -0.2) is 22.1 Å². The molecule has 3 aromatic rings. The van der Waals surface area contributed by atoms with Gasteiger partial charge in [0.1, 0.15) is 5.84 Å². The van der Waals surface area contributed by atoms with E-state index >= 15 is 0 Å². The minimum atomic E-state index is -0.346. The van der Waals surface area contributed by atoms with Crippen molar-refractivity contribution in [3.8, 4) is 5.88 Å². The molecule has 114 valence electrons. The summed E-state index contributed by atoms with van der Waals surface area (Å²) in [4.78, 5) is 18.5. The third-order valence-corrected chi connectivity index (χ3v) is 3.47. The molecule has 1 heterocycles. The van der Waals surface area contributed by atoms with E-state index in [1.54, 1.807) is 48.5 Å². The number of benzene rings is 2. The maximum Gasteiger partial charge on any atom is 0.258 e. The summed E-state index contributed by atoms with van der Waals surface area (Å²) in [6.07, 6.45) is 1.50. The van der Waals surface area contributed by atoms with E-state index in [9.17, 15) is 9.90 Å². The van der Waals surface area contributed by atoms with Crippen LogP contribution in [0.5, 0.6) is 5.88 Å². The molecule has 6 nitrogen and oxygen atoms in total. The zero-order valence-corrected chi connectivity index (χ0v) is 12.1. The molecule has 1 aromatic heterocycles. The van der Waals surface area contributed by atoms with Crippen LogP contribution in [0.4, 0.5) is 5.69 Å². The Morgan fingerprint density at radius 2 is 1.78 bits per heavy atom. The highest BCUT2D eigenvalue weighted by Gasteiger charge is 2.08. The van der Waals surface area contributed by atoms with Crippen molar-refractivity contribution >= 4 is 28.5 Å². The van der Waals surface area contributed by atoms with Crippen LogP contribution in [0.3, 0.4) is 0 Å². The molecule has 0 aliphatic rings. The second-order valence-electron chi connectivity index (χ2n) is 4.98. The van der Waals surface area contributed by atoms with Crippen LogP contribution < -0.4 is 11.3 Å². The Morgan fingerprint density at radius 3 is 2.43 bits per heavy atom. The molecule has 0 aliphatic carbocycles. The van der Waals surface area contributed by atoms with Crippen LogP contribution in [0.25, 0.3) is 10.8 Å². The Morgan fingerprint density at radius 1 is 1.13 bits per heavy atom. The van der Waals surface area contributed by atoms with E-state index in [2.05, 4.69) is 9.98 Å². The van der Waals surface area contributed by atoms with Crippen molar-refractivity contribution in [3.05, 3.63) is 70.0 Å². The number of nitrogens with two attached hydrogens (primary N) is 1. The number of aromatic amines is 1. The highest BCUT2D eigenvalue weighted by molar-refractivity contribution is 6.02. The van der Waals surface area contributed by atoms with Crippen molar-refractivity contribution in [1.82, 2.24) is 4.98 Å². The van der Waals surface area contributed by atoms with Gasteiger partial charge in [-0.2, -0.15) is 0 Å². The molecule has 0 saturated heterocycles. The molecule has 2 aromatic carbocycles. The van der Waals surface area contributed by atoms with Gasteiger partial charge in [0.15, 0.2) is 0 Å². The second-order valence-corrected chi connectivity index (χ2v) is 4.98. The molecular formula is C17H14N4O2. The summed E-state index contributed by atoms with van der Waals surface area (Å²) in [5.74, 6) is -0.234. The highest BCUT2D eigenvalue weighted by atomic mass is 16.3. The Labute approximate surface area is 131 Å². The van der Waals surface area contributed by atoms with E-state index in [-0.39, 0.29) is 17.3 Å². The van der Waals surface area contributed by atoms with Gasteiger partial charge in [-0.15, -0.1) is 0 Å². The number of aromatic nitrogens is 1. The molecule has 0 radical (unpaired) electrons. The lowest BCUT2D eigenvalue weighted by Crippen LogP contribution is -2.10. The zero-order chi connectivity index (χ0) is 16.4. The van der Waals surface area contributed by atoms with Gasteiger partial charge in [-0.25, -0.2) is 0 Å². The quantitative estimate of drug-likeness (QED) is 0.439. The van der Waals surface area contributed by atoms with Crippen molar-refractivity contribution in [2.45, 2.75) is 0 Å². The maximum atomic E-state index is 11.8. The SMILES string of the molecule is N=C(N)c1ccc(N=Cc2c(O)[nH]c(=O)c3ccccc23)cc1. The van der Waals surface area contributed by atoms with E-state index < -0.39 is 0 Å². The lowest BCUT2D eigenvalue weighted by atomic mass is 10.1. The summed E-state index contributed by atoms with van der Waals surface area (Å²) in [6, 6.07) is 13.8. The van der Waals surface area contributed by atoms with Crippen molar-refractivity contribution in [1.29, 1.82) is 5.41 Å². The van der Waals surface area contributed by atoms with Crippen molar-refractivity contribution in [3.63, 3.8) is 0 Å². The van der Waals surface area contributed by atoms with Crippen LogP contribution in [0, 0.1) is 5.41 Å². The number of rotatable bonds is 3. The van der Waals surface area contributed by atoms with Gasteiger partial charge >= 0.3 is 0 Å². The first-order valence-corrected chi connectivity index (χ1v) is 6.89. The van der Waals surface area contributed by atoms with Gasteiger partial charge in [0, 0.05) is 22.6 Å². The van der Waals surface area contributed by atoms with E-state index in [0.717, 1.165) is 0 Å². The molecule has 0 amide bonds. The minimum absolute atomic E-state index is 0.00944. The van der Waals surface area contributed by atoms with Crippen molar-refractivity contribution in [2.24, 2.45) is 10.7 Å². The molecule has 3 rings (SSSR count). The standard InChI is InChI=1S/C17H14N4O2/c18-15(19)10-5-7-11(8-6-10)20-9-14-12-3-1-2-4-13(12)16(22)21-17(14)23/h1-9H,(H3,18,19)(H2,21,22,23). The van der Waals surface area contributed by atoms with Gasteiger partial charge in [0.25, 0.3) is 5.56 Å². The molecule has 23 heavy (non-hydrogen) atoms. The van der Waals surface area contributed by atoms with Gasteiger partial charge in [-0.3, -0.25) is 20.2 Å². The predicted octanol–water partition coefficient (Wildman–Crippen LogP) is 2.27. The summed E-state index contributed by atoms with van der Waals surface area (Å²) in [7, 11) is 0. The molecule has 0 fully saturated rings. The van der Waals surface area contributed by atoms with Gasteiger partial charge < -0.3 is 10.8 Å². The summed E-state index contributed by atoms with van der Waals surface area (Å²) >= 11 is 0. The number of fused-ring (bicyclic) bond motifs is 1. The number of hydrogen-bond donors (Lipinski definition) is 4. The average Bonchev–Trinajstić information content (AvgIpc) is 2.55. The Hall–Kier alpha value is -3.41. The van der Waals surface area contributed by atoms with E-state index in [4.69, 9.17) is 11.1 Å². The molecule has 6 heteroatoms. The number of aromatic hydroxyl groups is 1. The maximum absolute atomic E-state index is 11.8. The lowest BCUT2D eigenvalue weighted by Gasteiger charge is -2.04. The van der Waals surface area contributed by atoms with Gasteiger partial charge in [-0.05, 0) is 30.3 Å². The van der Waals surface area contributed by atoms with Crippen LogP contribution in [0.1, 0.15) is 11.1 Å². The largest absolute Gasteiger partial charge is 0.494 e. The van der Waals surface area contributed by atoms with E-state index in [1.807, 2.05) is 0 Å². The van der Waals surface area contributed by atoms with Crippen LogP contribution >= 0.6 is 0 Å². The molecule has 0 aliphatic heterocycles. The first kappa shape index (κ1) is 14.5. The third kappa shape index (κ3) is 2.82. The second kappa shape index (κ2) is 5.76. The number of nitrogen functional groups attached to an aromatic ring is 1. The lowest BCUT2D eigenvalue weighted by molar-refractivity contribution is 0.452. The van der Waals surface area contributed by atoms with E-state index in [1.165, 1.54) is 6.21 Å². The molecule has 5 N–H and O–H groups in total. The number of hydrogen-bond acceptors (Lipinski definition) is 4. The molecule has 0 unspecified atom stereocenters. The third-order valence-electron chi connectivity index (χ3n) is 3.47. The van der Waals surface area contributed by atoms with Crippen LogP contribution in [0.2, 0.25) is 0 Å². The number of nitrogens with zero attached hydrogens (tertiary/aromatic N) is 1. The highest BCUT2D eigenvalue weighted by Crippen LogP contribution is 2.21. The molecule has 0 saturated carbocycles. The Balaban J connectivity index is 2.04. The summed E-state index contributed by atoms with van der Waals surface area (Å²) in [5, 5.41) is 18.5. The number of amidine groups is 1. The predicted molar refractivity (Wildman–Crippen MR) is 90.9 cm³/mol. The zero-order valence-electron chi connectivity index (χ0n) is 12.1. The number of pyridine rings is 1. The van der Waals surface area contributed by atoms with Crippen molar-refractivity contribution in [2.75, 3.05) is 0 Å². The topological polar surface area (TPSA) is 115 Å². The summed E-state index contributed by atoms with van der Waals surface area (Å²) in [5.41, 5.74) is 6.75. The van der Waals surface area contributed by atoms with Crippen molar-refractivity contribution < 1.29 is 5.11 Å². The molecule has 0 bridgehead atoms. The minimum Gasteiger partial charge on any atom is -0.494 e. The number of aliphatic imine (C=N–C) groups is 1. The molecule has 0 atom stereocenters. The first-order valence-electron chi connectivity index (χ1n) is 6.89. The number of nitrogens with one attached hydrogen (secondary N) is 2.